The van der Waals surface area contributed by atoms with Gasteiger partial charge in [-0.3, -0.25) is 0 Å². The fraction of sp³-hybridized carbons (Fsp3) is 0.211. The van der Waals surface area contributed by atoms with E-state index in [1.54, 1.807) is 6.07 Å². The van der Waals surface area contributed by atoms with Crippen molar-refractivity contribution in [1.82, 2.24) is 0 Å². The highest BCUT2D eigenvalue weighted by Crippen LogP contribution is 2.31. The lowest BCUT2D eigenvalue weighted by atomic mass is 10.0. The smallest absolute Gasteiger partial charge is 0.338 e. The van der Waals surface area contributed by atoms with Crippen molar-refractivity contribution in [2.45, 2.75) is 26.4 Å². The van der Waals surface area contributed by atoms with Gasteiger partial charge in [0.05, 0.1) is 11.7 Å². The average molecular weight is 294 g/mol. The second-order valence-corrected chi connectivity index (χ2v) is 5.54. The van der Waals surface area contributed by atoms with Crippen molar-refractivity contribution >= 4 is 27.5 Å². The summed E-state index contributed by atoms with van der Waals surface area (Å²) in [6.45, 7) is 3.81. The maximum absolute atomic E-state index is 12.1. The molecule has 3 nitrogen and oxygen atoms in total. The predicted octanol–water partition coefficient (Wildman–Crippen LogP) is 4.65. The molecule has 0 bridgehead atoms. The zero-order chi connectivity index (χ0) is 15.7. The number of benzene rings is 3. The van der Waals surface area contributed by atoms with Crippen LogP contribution in [0.1, 0.15) is 30.6 Å². The molecule has 0 aliphatic heterocycles. The van der Waals surface area contributed by atoms with Crippen LogP contribution in [0.25, 0.3) is 21.5 Å². The van der Waals surface area contributed by atoms with Gasteiger partial charge in [0.2, 0.25) is 0 Å². The fourth-order valence-electron chi connectivity index (χ4n) is 2.49. The molecule has 0 saturated heterocycles. The van der Waals surface area contributed by atoms with Crippen molar-refractivity contribution in [1.29, 1.82) is 0 Å². The van der Waals surface area contributed by atoms with E-state index in [1.165, 1.54) is 6.07 Å². The second-order valence-electron chi connectivity index (χ2n) is 5.54. The van der Waals surface area contributed by atoms with Crippen LogP contribution in [0.3, 0.4) is 0 Å². The van der Waals surface area contributed by atoms with E-state index in [-0.39, 0.29) is 11.9 Å². The number of phenols is 1. The summed E-state index contributed by atoms with van der Waals surface area (Å²) in [5, 5.41) is 13.9. The van der Waals surface area contributed by atoms with Gasteiger partial charge in [-0.25, -0.2) is 4.79 Å². The van der Waals surface area contributed by atoms with Crippen LogP contribution in [0.15, 0.2) is 48.5 Å². The number of phenolic OH excluding ortho intramolecular Hbond substituents is 1. The summed E-state index contributed by atoms with van der Waals surface area (Å²) in [7, 11) is 0. The van der Waals surface area contributed by atoms with Crippen molar-refractivity contribution in [3.8, 4) is 5.75 Å². The first kappa shape index (κ1) is 14.4. The molecule has 1 N–H and O–H groups in total. The quantitative estimate of drug-likeness (QED) is 0.565. The molecule has 0 radical (unpaired) electrons. The van der Waals surface area contributed by atoms with Gasteiger partial charge in [0.25, 0.3) is 0 Å². The number of carbonyl (C=O) groups is 1. The van der Waals surface area contributed by atoms with Crippen LogP contribution in [0, 0.1) is 0 Å². The molecule has 1 unspecified atom stereocenters. The highest BCUT2D eigenvalue weighted by molar-refractivity contribution is 6.04. The Kier molecular flexibility index (Phi) is 3.72. The first-order valence-electron chi connectivity index (χ1n) is 7.45. The van der Waals surface area contributed by atoms with Gasteiger partial charge < -0.3 is 9.84 Å². The van der Waals surface area contributed by atoms with Gasteiger partial charge in [0.1, 0.15) is 5.75 Å². The third kappa shape index (κ3) is 2.62. The van der Waals surface area contributed by atoms with Crippen molar-refractivity contribution in [3.05, 3.63) is 54.1 Å². The summed E-state index contributed by atoms with van der Waals surface area (Å²) in [5.41, 5.74) is 0.376. The standard InChI is InChI=1S/C19H18O3/c1-3-12(2)22-19(21)16-9-15-8-13-6-4-5-7-14(13)10-17(15)18(20)11-16/h4-12,20H,3H2,1-2H3. The average Bonchev–Trinajstić information content (AvgIpc) is 2.53. The monoisotopic (exact) mass is 294 g/mol. The molecule has 112 valence electrons. The Morgan fingerprint density at radius 1 is 1.09 bits per heavy atom. The van der Waals surface area contributed by atoms with Crippen molar-refractivity contribution in [2.24, 2.45) is 0 Å². The van der Waals surface area contributed by atoms with Crippen molar-refractivity contribution in [2.75, 3.05) is 0 Å². The molecule has 0 heterocycles. The topological polar surface area (TPSA) is 46.5 Å². The molecule has 0 aliphatic carbocycles. The number of hydrogen-bond donors (Lipinski definition) is 1. The van der Waals surface area contributed by atoms with E-state index >= 15 is 0 Å². The van der Waals surface area contributed by atoms with Crippen LogP contribution in [0.5, 0.6) is 5.75 Å². The Morgan fingerprint density at radius 3 is 2.45 bits per heavy atom. The van der Waals surface area contributed by atoms with E-state index in [0.717, 1.165) is 28.0 Å². The van der Waals surface area contributed by atoms with Crippen LogP contribution in [-0.4, -0.2) is 17.2 Å². The minimum atomic E-state index is -0.403. The lowest BCUT2D eigenvalue weighted by Crippen LogP contribution is -2.13. The number of esters is 1. The first-order valence-corrected chi connectivity index (χ1v) is 7.45. The van der Waals surface area contributed by atoms with Gasteiger partial charge in [0, 0.05) is 5.39 Å². The third-order valence-electron chi connectivity index (χ3n) is 3.92. The van der Waals surface area contributed by atoms with Crippen molar-refractivity contribution in [3.63, 3.8) is 0 Å². The summed E-state index contributed by atoms with van der Waals surface area (Å²) < 4.78 is 5.33. The van der Waals surface area contributed by atoms with E-state index in [2.05, 4.69) is 0 Å². The van der Waals surface area contributed by atoms with Gasteiger partial charge in [0.15, 0.2) is 0 Å². The minimum absolute atomic E-state index is 0.0966. The molecule has 0 fully saturated rings. The molecule has 0 aliphatic rings. The van der Waals surface area contributed by atoms with E-state index in [4.69, 9.17) is 4.74 Å². The summed E-state index contributed by atoms with van der Waals surface area (Å²) in [6, 6.07) is 15.1. The van der Waals surface area contributed by atoms with Crippen LogP contribution < -0.4 is 0 Å². The van der Waals surface area contributed by atoms with Gasteiger partial charge in [-0.05, 0) is 53.8 Å². The molecule has 3 rings (SSSR count). The molecule has 0 amide bonds. The molecular weight excluding hydrogens is 276 g/mol. The summed E-state index contributed by atoms with van der Waals surface area (Å²) >= 11 is 0. The van der Waals surface area contributed by atoms with E-state index < -0.39 is 5.97 Å². The molecule has 0 saturated carbocycles. The summed E-state index contributed by atoms with van der Waals surface area (Å²) in [5.74, 6) is -0.306. The summed E-state index contributed by atoms with van der Waals surface area (Å²) in [6.07, 6.45) is 0.623. The third-order valence-corrected chi connectivity index (χ3v) is 3.92. The van der Waals surface area contributed by atoms with Gasteiger partial charge >= 0.3 is 5.97 Å². The zero-order valence-corrected chi connectivity index (χ0v) is 12.7. The molecule has 3 aromatic rings. The minimum Gasteiger partial charge on any atom is -0.507 e. The number of rotatable bonds is 3. The molecule has 22 heavy (non-hydrogen) atoms. The Labute approximate surface area is 129 Å². The second kappa shape index (κ2) is 5.68. The largest absolute Gasteiger partial charge is 0.507 e. The Balaban J connectivity index is 2.11. The Morgan fingerprint density at radius 2 is 1.77 bits per heavy atom. The SMILES string of the molecule is CCC(C)OC(=O)c1cc(O)c2cc3ccccc3cc2c1. The normalized spacial score (nSPS) is 12.5. The molecular formula is C19H18O3. The number of carbonyl (C=O) groups excluding carboxylic acids is 1. The van der Waals surface area contributed by atoms with Crippen LogP contribution in [-0.2, 0) is 4.74 Å². The predicted molar refractivity (Wildman–Crippen MR) is 88.3 cm³/mol. The Bertz CT molecular complexity index is 852. The summed E-state index contributed by atoms with van der Waals surface area (Å²) in [4.78, 5) is 12.1. The molecule has 0 aromatic heterocycles. The number of aromatic hydroxyl groups is 1. The van der Waals surface area contributed by atoms with E-state index in [9.17, 15) is 9.90 Å². The van der Waals surface area contributed by atoms with E-state index in [0.29, 0.717) is 5.56 Å². The molecule has 3 aromatic carbocycles. The number of ether oxygens (including phenoxy) is 1. The maximum atomic E-state index is 12.1. The van der Waals surface area contributed by atoms with Crippen LogP contribution >= 0.6 is 0 Å². The lowest BCUT2D eigenvalue weighted by Gasteiger charge is -2.12. The van der Waals surface area contributed by atoms with Crippen LogP contribution in [0.4, 0.5) is 0 Å². The fourth-order valence-corrected chi connectivity index (χ4v) is 2.49. The van der Waals surface area contributed by atoms with Gasteiger partial charge in [-0.1, -0.05) is 31.2 Å². The number of hydrogen-bond acceptors (Lipinski definition) is 3. The van der Waals surface area contributed by atoms with Gasteiger partial charge in [-0.2, -0.15) is 0 Å². The number of fused-ring (bicyclic) bond motifs is 2. The maximum Gasteiger partial charge on any atom is 0.338 e. The lowest BCUT2D eigenvalue weighted by molar-refractivity contribution is 0.0334. The molecule has 3 heteroatoms. The molecule has 0 spiro atoms. The van der Waals surface area contributed by atoms with Crippen molar-refractivity contribution < 1.29 is 14.6 Å². The van der Waals surface area contributed by atoms with Crippen LogP contribution in [0.2, 0.25) is 0 Å². The highest BCUT2D eigenvalue weighted by Gasteiger charge is 2.14. The van der Waals surface area contributed by atoms with E-state index in [1.807, 2.05) is 50.2 Å². The zero-order valence-electron chi connectivity index (χ0n) is 12.7. The van der Waals surface area contributed by atoms with Gasteiger partial charge in [-0.15, -0.1) is 0 Å². The Hall–Kier alpha value is -2.55. The first-order chi connectivity index (χ1) is 10.6. The molecule has 1 atom stereocenters. The highest BCUT2D eigenvalue weighted by atomic mass is 16.5.